The summed E-state index contributed by atoms with van der Waals surface area (Å²) in [4.78, 5) is 23.6. The Morgan fingerprint density at radius 3 is 2.30 bits per heavy atom. The molecule has 0 N–H and O–H groups in total. The molecule has 0 radical (unpaired) electrons. The van der Waals surface area contributed by atoms with Crippen molar-refractivity contribution >= 4 is 11.9 Å². The van der Waals surface area contributed by atoms with E-state index in [0.717, 1.165) is 37.5 Å². The fourth-order valence-electron chi connectivity index (χ4n) is 11.0. The summed E-state index contributed by atoms with van der Waals surface area (Å²) in [5.74, 6) is 2.68. The third-order valence-corrected chi connectivity index (χ3v) is 12.5. The average molecular weight is 517 g/mol. The van der Waals surface area contributed by atoms with E-state index < -0.39 is 5.79 Å². The van der Waals surface area contributed by atoms with Gasteiger partial charge < -0.3 is 18.9 Å². The van der Waals surface area contributed by atoms with Crippen molar-refractivity contribution in [2.45, 2.75) is 123 Å². The maximum absolute atomic E-state index is 12.0. The van der Waals surface area contributed by atoms with Crippen molar-refractivity contribution in [3.63, 3.8) is 0 Å². The van der Waals surface area contributed by atoms with Gasteiger partial charge in [0.1, 0.15) is 6.10 Å². The molecule has 6 heteroatoms. The summed E-state index contributed by atoms with van der Waals surface area (Å²) in [6.07, 6.45) is 10.2. The van der Waals surface area contributed by atoms with Crippen molar-refractivity contribution in [2.24, 2.45) is 52.3 Å². The smallest absolute Gasteiger partial charge is 0.303 e. The molecular weight excluding hydrogens is 468 g/mol. The van der Waals surface area contributed by atoms with Gasteiger partial charge in [0.15, 0.2) is 6.10 Å². The monoisotopic (exact) mass is 516 g/mol. The number of rotatable bonds is 2. The van der Waals surface area contributed by atoms with Crippen LogP contribution in [0.2, 0.25) is 0 Å². The molecular formula is C31H48O6. The van der Waals surface area contributed by atoms with E-state index in [9.17, 15) is 9.59 Å². The van der Waals surface area contributed by atoms with E-state index in [1.54, 1.807) is 6.92 Å². The Hall–Kier alpha value is -1.14. The molecule has 6 nitrogen and oxygen atoms in total. The first-order valence-electron chi connectivity index (χ1n) is 15.1. The fourth-order valence-corrected chi connectivity index (χ4v) is 11.0. The number of hydrogen-bond acceptors (Lipinski definition) is 6. The van der Waals surface area contributed by atoms with Gasteiger partial charge in [-0.2, -0.15) is 0 Å². The number of carbonyl (C=O) groups excluding carboxylic acids is 2. The first-order chi connectivity index (χ1) is 17.5. The van der Waals surface area contributed by atoms with Crippen molar-refractivity contribution in [1.82, 2.24) is 0 Å². The number of fused-ring (bicyclic) bond motifs is 7. The Balaban J connectivity index is 1.22. The van der Waals surface area contributed by atoms with Gasteiger partial charge in [0.25, 0.3) is 0 Å². The zero-order valence-electron chi connectivity index (χ0n) is 23.8. The fraction of sp³-hybridized carbons (Fsp3) is 0.935. The quantitative estimate of drug-likeness (QED) is 0.425. The standard InChI is InChI=1S/C31H48O6/c1-17-13-27(36-20(4)33)31(34-16-17)18(2)28-26(37-31)15-25-23-8-7-21-14-22(35-19(3)32)9-11-29(21,5)24(23)10-12-30(25,28)6/h17-18,21-28H,7-16H2,1-6H3. The Kier molecular flexibility index (Phi) is 6.31. The van der Waals surface area contributed by atoms with Crippen LogP contribution >= 0.6 is 0 Å². The Labute approximate surface area is 222 Å². The molecule has 2 heterocycles. The summed E-state index contributed by atoms with van der Waals surface area (Å²) >= 11 is 0. The zero-order valence-corrected chi connectivity index (χ0v) is 23.8. The highest BCUT2D eigenvalue weighted by Crippen LogP contribution is 2.71. The molecule has 6 fully saturated rings. The number of ether oxygens (including phenoxy) is 4. The van der Waals surface area contributed by atoms with Gasteiger partial charge in [-0.15, -0.1) is 0 Å². The Bertz CT molecular complexity index is 935. The van der Waals surface area contributed by atoms with Gasteiger partial charge in [0.05, 0.1) is 12.7 Å². The first kappa shape index (κ1) is 26.1. The summed E-state index contributed by atoms with van der Waals surface area (Å²) < 4.78 is 25.0. The molecule has 4 aliphatic carbocycles. The van der Waals surface area contributed by atoms with Crippen LogP contribution < -0.4 is 0 Å². The van der Waals surface area contributed by atoms with Crippen LogP contribution in [0.4, 0.5) is 0 Å². The summed E-state index contributed by atoms with van der Waals surface area (Å²) in [7, 11) is 0. The molecule has 6 aliphatic rings. The summed E-state index contributed by atoms with van der Waals surface area (Å²) in [5.41, 5.74) is 0.593. The summed E-state index contributed by atoms with van der Waals surface area (Å²) in [6.45, 7) is 13.3. The highest BCUT2D eigenvalue weighted by atomic mass is 16.7. The predicted molar refractivity (Wildman–Crippen MR) is 138 cm³/mol. The van der Waals surface area contributed by atoms with E-state index >= 15 is 0 Å². The molecule has 37 heavy (non-hydrogen) atoms. The van der Waals surface area contributed by atoms with Crippen LogP contribution in [0.25, 0.3) is 0 Å². The number of esters is 2. The second kappa shape index (κ2) is 8.94. The van der Waals surface area contributed by atoms with Crippen LogP contribution in [0.15, 0.2) is 0 Å². The minimum Gasteiger partial charge on any atom is -0.463 e. The van der Waals surface area contributed by atoms with Crippen molar-refractivity contribution < 1.29 is 28.5 Å². The lowest BCUT2D eigenvalue weighted by Crippen LogP contribution is -2.58. The molecule has 0 bridgehead atoms. The second-order valence-corrected chi connectivity index (χ2v) is 14.4. The molecule has 208 valence electrons. The number of carbonyl (C=O) groups is 2. The molecule has 2 saturated heterocycles. The van der Waals surface area contributed by atoms with Gasteiger partial charge in [0.2, 0.25) is 5.79 Å². The maximum Gasteiger partial charge on any atom is 0.303 e. The molecule has 0 aromatic rings. The van der Waals surface area contributed by atoms with Crippen molar-refractivity contribution in [3.05, 3.63) is 0 Å². The first-order valence-corrected chi connectivity index (χ1v) is 15.1. The van der Waals surface area contributed by atoms with E-state index in [0.29, 0.717) is 35.7 Å². The van der Waals surface area contributed by atoms with Crippen LogP contribution in [-0.4, -0.2) is 42.6 Å². The zero-order chi connectivity index (χ0) is 26.3. The third kappa shape index (κ3) is 3.85. The molecule has 0 amide bonds. The van der Waals surface area contributed by atoms with Gasteiger partial charge >= 0.3 is 11.9 Å². The molecule has 6 rings (SSSR count). The molecule has 2 aliphatic heterocycles. The topological polar surface area (TPSA) is 71.1 Å². The minimum atomic E-state index is -0.795. The highest BCUT2D eigenvalue weighted by Gasteiger charge is 2.71. The maximum atomic E-state index is 12.0. The third-order valence-electron chi connectivity index (χ3n) is 12.5. The van der Waals surface area contributed by atoms with Crippen LogP contribution in [0.5, 0.6) is 0 Å². The Morgan fingerprint density at radius 1 is 0.838 bits per heavy atom. The van der Waals surface area contributed by atoms with E-state index in [1.165, 1.54) is 39.0 Å². The van der Waals surface area contributed by atoms with E-state index in [-0.39, 0.29) is 41.6 Å². The van der Waals surface area contributed by atoms with Crippen LogP contribution in [-0.2, 0) is 28.5 Å². The van der Waals surface area contributed by atoms with Gasteiger partial charge in [-0.05, 0) is 104 Å². The van der Waals surface area contributed by atoms with Crippen LogP contribution in [0, 0.1) is 52.3 Å². The molecule has 4 saturated carbocycles. The van der Waals surface area contributed by atoms with E-state index in [4.69, 9.17) is 18.9 Å². The molecule has 0 aromatic heterocycles. The van der Waals surface area contributed by atoms with Crippen molar-refractivity contribution in [3.8, 4) is 0 Å². The van der Waals surface area contributed by atoms with Crippen LogP contribution in [0.3, 0.4) is 0 Å². The molecule has 13 atom stereocenters. The predicted octanol–water partition coefficient (Wildman–Crippen LogP) is 5.91. The van der Waals surface area contributed by atoms with Gasteiger partial charge in [0, 0.05) is 19.8 Å². The average Bonchev–Trinajstić information content (AvgIpc) is 3.27. The van der Waals surface area contributed by atoms with Gasteiger partial charge in [-0.25, -0.2) is 0 Å². The van der Waals surface area contributed by atoms with Crippen molar-refractivity contribution in [2.75, 3.05) is 6.61 Å². The van der Waals surface area contributed by atoms with Crippen molar-refractivity contribution in [1.29, 1.82) is 0 Å². The minimum absolute atomic E-state index is 0.112. The van der Waals surface area contributed by atoms with Gasteiger partial charge in [-0.3, -0.25) is 9.59 Å². The number of hydrogen-bond donors (Lipinski definition) is 0. The second-order valence-electron chi connectivity index (χ2n) is 14.4. The van der Waals surface area contributed by atoms with Gasteiger partial charge in [-0.1, -0.05) is 27.7 Å². The van der Waals surface area contributed by atoms with Crippen LogP contribution in [0.1, 0.15) is 99.3 Å². The normalized spacial score (nSPS) is 54.5. The lowest BCUT2D eigenvalue weighted by Gasteiger charge is -2.61. The highest BCUT2D eigenvalue weighted by molar-refractivity contribution is 5.66. The molecule has 13 unspecified atom stereocenters. The molecule has 0 aromatic carbocycles. The lowest BCUT2D eigenvalue weighted by molar-refractivity contribution is -0.318. The van der Waals surface area contributed by atoms with E-state index in [1.807, 2.05) is 0 Å². The summed E-state index contributed by atoms with van der Waals surface area (Å²) in [6, 6.07) is 0. The Morgan fingerprint density at radius 2 is 1.57 bits per heavy atom. The van der Waals surface area contributed by atoms with E-state index in [2.05, 4.69) is 27.7 Å². The molecule has 1 spiro atoms. The summed E-state index contributed by atoms with van der Waals surface area (Å²) in [5, 5.41) is 0. The SMILES string of the molecule is CC(=O)OC1CCC2(C)C(CCC3C2CCC2(C)C3CC3OC4(OCC(C)CC4OC(C)=O)C(C)C32)C1. The largest absolute Gasteiger partial charge is 0.463 e. The lowest BCUT2D eigenvalue weighted by atomic mass is 9.44.